The number of benzene rings is 12. The van der Waals surface area contributed by atoms with E-state index in [2.05, 4.69) is 303 Å². The van der Waals surface area contributed by atoms with E-state index in [1.165, 1.54) is 38.4 Å². The summed E-state index contributed by atoms with van der Waals surface area (Å²) >= 11 is 0. The second kappa shape index (κ2) is 20.1. The maximum atomic E-state index is 5.26. The van der Waals surface area contributed by atoms with Gasteiger partial charge >= 0.3 is 0 Å². The largest absolute Gasteiger partial charge is 0.294 e. The minimum atomic E-state index is 0.590. The SMILES string of the molecule is c1ccc(-c2nc(-n3c4ccccc4n4c5cc(-n6c7ccccc7n7c8ccccc8cc67)ccc5cc34)nc3ccccc23)cc1.c1ccc(-c2nc(-n3c4ccccc4n4c5cc(-n6c7ccccc7n7c8ccccc8cc67)ccc5nc34)nc3ccccc23)cc1. The van der Waals surface area contributed by atoms with Gasteiger partial charge in [0, 0.05) is 49.4 Å². The predicted octanol–water partition coefficient (Wildman–Crippen LogP) is 19.4. The first kappa shape index (κ1) is 52.3. The molecule has 0 aliphatic rings. The molecule has 0 saturated carbocycles. The van der Waals surface area contributed by atoms with E-state index in [1.807, 2.05) is 42.5 Å². The van der Waals surface area contributed by atoms with Crippen molar-refractivity contribution in [2.45, 2.75) is 0 Å². The zero-order chi connectivity index (χ0) is 62.7. The lowest BCUT2D eigenvalue weighted by atomic mass is 10.1. The molecule has 0 bridgehead atoms. The number of fused-ring (bicyclic) bond motifs is 22. The lowest BCUT2D eigenvalue weighted by Crippen LogP contribution is -2.04. The van der Waals surface area contributed by atoms with Gasteiger partial charge in [-0.3, -0.25) is 31.3 Å². The summed E-state index contributed by atoms with van der Waals surface area (Å²) in [6, 6.07) is 109. The van der Waals surface area contributed by atoms with Gasteiger partial charge in [-0.05, 0) is 121 Å². The van der Waals surface area contributed by atoms with E-state index in [0.29, 0.717) is 11.9 Å². The van der Waals surface area contributed by atoms with E-state index < -0.39 is 0 Å². The van der Waals surface area contributed by atoms with E-state index in [4.69, 9.17) is 24.9 Å². The molecule has 22 aromatic rings. The Hall–Kier alpha value is -13.4. The van der Waals surface area contributed by atoms with Crippen LogP contribution in [0.5, 0.6) is 0 Å². The van der Waals surface area contributed by atoms with Crippen LogP contribution in [0, 0.1) is 0 Å². The van der Waals surface area contributed by atoms with Crippen molar-refractivity contribution < 1.29 is 0 Å². The van der Waals surface area contributed by atoms with Gasteiger partial charge < -0.3 is 0 Å². The van der Waals surface area contributed by atoms with Gasteiger partial charge in [-0.1, -0.05) is 188 Å². The maximum absolute atomic E-state index is 5.26. The van der Waals surface area contributed by atoms with Crippen molar-refractivity contribution in [3.05, 3.63) is 309 Å². The van der Waals surface area contributed by atoms with Crippen molar-refractivity contribution in [3.8, 4) is 45.8 Å². The van der Waals surface area contributed by atoms with Gasteiger partial charge in [0.25, 0.3) is 0 Å². The molecule has 0 aliphatic heterocycles. The van der Waals surface area contributed by atoms with E-state index >= 15 is 0 Å². The van der Waals surface area contributed by atoms with Crippen molar-refractivity contribution in [2.75, 3.05) is 0 Å². The van der Waals surface area contributed by atoms with Crippen LogP contribution < -0.4 is 0 Å². The molecule has 0 fully saturated rings. The minimum Gasteiger partial charge on any atom is -0.294 e. The van der Waals surface area contributed by atoms with Gasteiger partial charge in [0.15, 0.2) is 0 Å². The lowest BCUT2D eigenvalue weighted by molar-refractivity contribution is 0.986. The van der Waals surface area contributed by atoms with Crippen LogP contribution in [0.2, 0.25) is 0 Å². The molecule has 0 amide bonds. The van der Waals surface area contributed by atoms with Crippen LogP contribution in [-0.4, -0.2) is 60.8 Å². The first-order valence-electron chi connectivity index (χ1n) is 32.3. The number of hydrogen-bond acceptors (Lipinski definition) is 5. The summed E-state index contributed by atoms with van der Waals surface area (Å²) in [5.41, 5.74) is 25.6. The molecule has 0 aliphatic carbocycles. The molecule has 13 nitrogen and oxygen atoms in total. The van der Waals surface area contributed by atoms with Crippen LogP contribution in [0.3, 0.4) is 0 Å². The Labute approximate surface area is 545 Å². The fraction of sp³-hybridized carbons (Fsp3) is 0. The summed E-state index contributed by atoms with van der Waals surface area (Å²) in [7, 11) is 0. The molecule has 96 heavy (non-hydrogen) atoms. The molecule has 10 aromatic heterocycles. The summed E-state index contributed by atoms with van der Waals surface area (Å²) in [4.78, 5) is 26.0. The van der Waals surface area contributed by atoms with Gasteiger partial charge in [-0.15, -0.1) is 0 Å². The van der Waals surface area contributed by atoms with Crippen molar-refractivity contribution in [2.24, 2.45) is 0 Å². The molecule has 22 rings (SSSR count). The Kier molecular flexibility index (Phi) is 10.9. The molecule has 0 unspecified atom stereocenters. The number of hydrogen-bond donors (Lipinski definition) is 0. The normalized spacial score (nSPS) is 12.2. The molecule has 0 spiro atoms. The fourth-order valence-corrected chi connectivity index (χ4v) is 15.2. The van der Waals surface area contributed by atoms with Crippen molar-refractivity contribution >= 4 is 132 Å². The van der Waals surface area contributed by atoms with Crippen LogP contribution >= 0.6 is 0 Å². The van der Waals surface area contributed by atoms with E-state index in [1.54, 1.807) is 0 Å². The van der Waals surface area contributed by atoms with Crippen LogP contribution in [0.1, 0.15) is 0 Å². The smallest absolute Gasteiger partial charge is 0.238 e. The zero-order valence-corrected chi connectivity index (χ0v) is 51.3. The third kappa shape index (κ3) is 7.52. The molecule has 0 N–H and O–H groups in total. The molecule has 10 heterocycles. The lowest BCUT2D eigenvalue weighted by Gasteiger charge is -2.10. The van der Waals surface area contributed by atoms with E-state index in [-0.39, 0.29) is 0 Å². The average Bonchev–Trinajstić information content (AvgIpc) is 1.57. The molecule has 12 aromatic carbocycles. The summed E-state index contributed by atoms with van der Waals surface area (Å²) in [5.74, 6) is 2.01. The van der Waals surface area contributed by atoms with Gasteiger partial charge in [-0.25, -0.2) is 29.5 Å². The highest BCUT2D eigenvalue weighted by molar-refractivity contribution is 6.02. The second-order valence-corrected chi connectivity index (χ2v) is 24.6. The Balaban J connectivity index is 0.000000127. The van der Waals surface area contributed by atoms with Crippen molar-refractivity contribution in [1.82, 2.24) is 60.8 Å². The van der Waals surface area contributed by atoms with Crippen LogP contribution in [0.15, 0.2) is 309 Å². The predicted molar refractivity (Wildman–Crippen MR) is 389 cm³/mol. The molecule has 13 heteroatoms. The van der Waals surface area contributed by atoms with Gasteiger partial charge in [-0.2, -0.15) is 0 Å². The summed E-state index contributed by atoms with van der Waals surface area (Å²) in [6.45, 7) is 0. The molecular formula is C83H51N13. The fourth-order valence-electron chi connectivity index (χ4n) is 15.2. The third-order valence-electron chi connectivity index (χ3n) is 19.3. The number of rotatable bonds is 6. The molecule has 0 saturated heterocycles. The van der Waals surface area contributed by atoms with E-state index in [0.717, 1.165) is 128 Å². The zero-order valence-electron chi connectivity index (χ0n) is 51.3. The summed E-state index contributed by atoms with van der Waals surface area (Å²) < 4.78 is 18.4. The van der Waals surface area contributed by atoms with Crippen LogP contribution in [0.4, 0.5) is 0 Å². The molecular weight excluding hydrogens is 1180 g/mol. The van der Waals surface area contributed by atoms with Crippen molar-refractivity contribution in [3.63, 3.8) is 0 Å². The van der Waals surface area contributed by atoms with Gasteiger partial charge in [0.05, 0.1) is 94.1 Å². The highest BCUT2D eigenvalue weighted by atomic mass is 15.3. The Morgan fingerprint density at radius 3 is 1.09 bits per heavy atom. The standard InChI is InChI=1S/C42H26N6.C41H25N7/c1-2-12-27(13-3-1)41-31-15-5-6-16-32(31)43-42(44-41)48-37-21-11-10-20-36(37)47-38-26-30(23-22-29(38)25-40(47)48)45-34-18-8-9-19-35(34)46-33-17-7-4-14-28(33)24-39(45)46;1-2-12-26(13-3-1)39-29-15-5-6-16-30(29)42-40(44-39)48-36-21-11-10-20-35(36)47-37-25-28(22-23-31(37)43-41(47)48)45-33-18-8-9-19-34(33)46-32-17-7-4-14-27(32)24-38(45)46/h1-26H;1-25H. The molecule has 448 valence electrons. The minimum absolute atomic E-state index is 0.590. The van der Waals surface area contributed by atoms with Crippen LogP contribution in [-0.2, 0) is 0 Å². The summed E-state index contributed by atoms with van der Waals surface area (Å²) in [5, 5.41) is 5.65. The number of imidazole rings is 5. The maximum Gasteiger partial charge on any atom is 0.238 e. The second-order valence-electron chi connectivity index (χ2n) is 24.6. The first-order chi connectivity index (χ1) is 47.6. The summed E-state index contributed by atoms with van der Waals surface area (Å²) in [6.07, 6.45) is 0. The highest BCUT2D eigenvalue weighted by Crippen LogP contribution is 2.39. The molecule has 0 radical (unpaired) electrons. The van der Waals surface area contributed by atoms with E-state index in [9.17, 15) is 0 Å². The highest BCUT2D eigenvalue weighted by Gasteiger charge is 2.25. The number of para-hydroxylation sites is 12. The Morgan fingerprint density at radius 1 is 0.208 bits per heavy atom. The first-order valence-corrected chi connectivity index (χ1v) is 32.3. The van der Waals surface area contributed by atoms with Gasteiger partial charge in [0.2, 0.25) is 17.7 Å². The number of aromatic nitrogens is 13. The van der Waals surface area contributed by atoms with Crippen LogP contribution in [0.25, 0.3) is 178 Å². The average molecular weight is 1230 g/mol. The Bertz CT molecular complexity index is 6550. The third-order valence-corrected chi connectivity index (χ3v) is 19.3. The molecule has 0 atom stereocenters. The van der Waals surface area contributed by atoms with Gasteiger partial charge in [0.1, 0.15) is 16.9 Å². The number of nitrogens with zero attached hydrogens (tertiary/aromatic N) is 13. The Morgan fingerprint density at radius 2 is 0.573 bits per heavy atom. The topological polar surface area (TPSA) is 102 Å². The van der Waals surface area contributed by atoms with Crippen molar-refractivity contribution in [1.29, 1.82) is 0 Å². The monoisotopic (exact) mass is 1230 g/mol. The quantitative estimate of drug-likeness (QED) is 0.165.